The van der Waals surface area contributed by atoms with Crippen LogP contribution in [0.5, 0.6) is 0 Å². The van der Waals surface area contributed by atoms with Gasteiger partial charge in [-0.3, -0.25) is 14.7 Å². The summed E-state index contributed by atoms with van der Waals surface area (Å²) in [6, 6.07) is 4.61. The molecule has 0 N–H and O–H groups in total. The van der Waals surface area contributed by atoms with Gasteiger partial charge in [0, 0.05) is 57.6 Å². The number of ether oxygens (including phenoxy) is 2. The van der Waals surface area contributed by atoms with E-state index in [9.17, 15) is 4.79 Å². The SMILES string of the molecule is COCC1CC2(CCN(C(=O)C3[C@H]4COC[C@@H]34)CC2)CN1Cc1cccnc1. The Morgan fingerprint density at radius 1 is 1.32 bits per heavy atom. The van der Waals surface area contributed by atoms with E-state index >= 15 is 0 Å². The maximum atomic E-state index is 12.9. The smallest absolute Gasteiger partial charge is 0.226 e. The molecule has 0 radical (unpaired) electrons. The molecule has 1 aliphatic carbocycles. The van der Waals surface area contributed by atoms with Crippen molar-refractivity contribution in [2.45, 2.75) is 31.8 Å². The van der Waals surface area contributed by atoms with Crippen LogP contribution in [0.2, 0.25) is 0 Å². The highest BCUT2D eigenvalue weighted by atomic mass is 16.5. The molecule has 5 rings (SSSR count). The van der Waals surface area contributed by atoms with Crippen LogP contribution in [0.25, 0.3) is 0 Å². The van der Waals surface area contributed by atoms with Gasteiger partial charge in [-0.15, -0.1) is 0 Å². The van der Waals surface area contributed by atoms with E-state index in [0.29, 0.717) is 29.2 Å². The minimum atomic E-state index is 0.259. The third-order valence-electron chi connectivity index (χ3n) is 7.56. The molecule has 4 heterocycles. The molecule has 28 heavy (non-hydrogen) atoms. The summed E-state index contributed by atoms with van der Waals surface area (Å²) in [5, 5.41) is 0. The first kappa shape index (κ1) is 18.5. The quantitative estimate of drug-likeness (QED) is 0.774. The molecule has 6 nitrogen and oxygen atoms in total. The summed E-state index contributed by atoms with van der Waals surface area (Å²) in [5.41, 5.74) is 1.58. The zero-order valence-electron chi connectivity index (χ0n) is 16.8. The summed E-state index contributed by atoms with van der Waals surface area (Å²) >= 11 is 0. The van der Waals surface area contributed by atoms with Crippen LogP contribution in [0.1, 0.15) is 24.8 Å². The Morgan fingerprint density at radius 3 is 2.79 bits per heavy atom. The van der Waals surface area contributed by atoms with Gasteiger partial charge in [-0.2, -0.15) is 0 Å². The molecule has 0 bridgehead atoms. The highest BCUT2D eigenvalue weighted by Crippen LogP contribution is 2.52. The Balaban J connectivity index is 1.20. The van der Waals surface area contributed by atoms with E-state index in [1.165, 1.54) is 12.0 Å². The van der Waals surface area contributed by atoms with E-state index in [-0.39, 0.29) is 5.92 Å². The second kappa shape index (κ2) is 7.39. The predicted molar refractivity (Wildman–Crippen MR) is 104 cm³/mol. The summed E-state index contributed by atoms with van der Waals surface area (Å²) in [4.78, 5) is 21.9. The molecule has 4 atom stereocenters. The molecule has 0 aromatic carbocycles. The molecule has 6 heteroatoms. The average molecular weight is 386 g/mol. The van der Waals surface area contributed by atoms with Crippen LogP contribution in [0.15, 0.2) is 24.5 Å². The van der Waals surface area contributed by atoms with Crippen LogP contribution >= 0.6 is 0 Å². The summed E-state index contributed by atoms with van der Waals surface area (Å²) in [5.74, 6) is 1.67. The molecule has 1 saturated carbocycles. The molecule has 4 aliphatic rings. The first-order valence-electron chi connectivity index (χ1n) is 10.7. The summed E-state index contributed by atoms with van der Waals surface area (Å²) in [7, 11) is 1.80. The summed E-state index contributed by atoms with van der Waals surface area (Å²) in [6.45, 7) is 6.21. The van der Waals surface area contributed by atoms with Crippen LogP contribution in [-0.4, -0.2) is 73.3 Å². The van der Waals surface area contributed by atoms with Gasteiger partial charge in [0.05, 0.1) is 19.8 Å². The lowest BCUT2D eigenvalue weighted by Crippen LogP contribution is -2.45. The highest BCUT2D eigenvalue weighted by Gasteiger charge is 2.59. The third kappa shape index (κ3) is 3.36. The van der Waals surface area contributed by atoms with Gasteiger partial charge in [0.25, 0.3) is 0 Å². The van der Waals surface area contributed by atoms with Crippen LogP contribution < -0.4 is 0 Å². The molecule has 2 unspecified atom stereocenters. The lowest BCUT2D eigenvalue weighted by atomic mass is 9.76. The van der Waals surface area contributed by atoms with Crippen molar-refractivity contribution in [2.24, 2.45) is 23.2 Å². The molecular weight excluding hydrogens is 354 g/mol. The molecule has 1 aromatic rings. The largest absolute Gasteiger partial charge is 0.383 e. The fourth-order valence-corrected chi connectivity index (χ4v) is 5.90. The van der Waals surface area contributed by atoms with Gasteiger partial charge in [-0.1, -0.05) is 6.07 Å². The van der Waals surface area contributed by atoms with Crippen molar-refractivity contribution in [3.05, 3.63) is 30.1 Å². The number of hydrogen-bond acceptors (Lipinski definition) is 5. The Bertz CT molecular complexity index is 694. The number of piperidine rings is 1. The van der Waals surface area contributed by atoms with Crippen molar-refractivity contribution in [3.63, 3.8) is 0 Å². The van der Waals surface area contributed by atoms with E-state index in [4.69, 9.17) is 9.47 Å². The molecule has 1 aromatic heterocycles. The van der Waals surface area contributed by atoms with E-state index in [1.807, 2.05) is 18.5 Å². The van der Waals surface area contributed by atoms with Crippen LogP contribution in [-0.2, 0) is 20.8 Å². The topological polar surface area (TPSA) is 54.9 Å². The van der Waals surface area contributed by atoms with Gasteiger partial charge in [0.1, 0.15) is 0 Å². The van der Waals surface area contributed by atoms with Crippen LogP contribution in [0, 0.1) is 23.2 Å². The number of fused-ring (bicyclic) bond motifs is 1. The van der Waals surface area contributed by atoms with Crippen LogP contribution in [0.4, 0.5) is 0 Å². The molecule has 1 amide bonds. The Morgan fingerprint density at radius 2 is 2.11 bits per heavy atom. The maximum absolute atomic E-state index is 12.9. The molecule has 152 valence electrons. The summed E-state index contributed by atoms with van der Waals surface area (Å²) < 4.78 is 11.0. The van der Waals surface area contributed by atoms with Crippen molar-refractivity contribution < 1.29 is 14.3 Å². The number of pyridine rings is 1. The zero-order valence-corrected chi connectivity index (χ0v) is 16.8. The number of carbonyl (C=O) groups is 1. The second-order valence-corrected chi connectivity index (χ2v) is 9.30. The zero-order chi connectivity index (χ0) is 19.1. The number of likely N-dealkylation sites (tertiary alicyclic amines) is 2. The van der Waals surface area contributed by atoms with Gasteiger partial charge in [0.15, 0.2) is 0 Å². The van der Waals surface area contributed by atoms with Crippen molar-refractivity contribution in [3.8, 4) is 0 Å². The Labute approximate surface area is 167 Å². The van der Waals surface area contributed by atoms with Gasteiger partial charge in [-0.05, 0) is 48.1 Å². The second-order valence-electron chi connectivity index (χ2n) is 9.30. The maximum Gasteiger partial charge on any atom is 0.226 e. The van der Waals surface area contributed by atoms with Crippen LogP contribution in [0.3, 0.4) is 0 Å². The average Bonchev–Trinajstić information content (AvgIpc) is 3.02. The minimum absolute atomic E-state index is 0.259. The first-order chi connectivity index (χ1) is 13.7. The molecule has 3 saturated heterocycles. The Hall–Kier alpha value is -1.50. The van der Waals surface area contributed by atoms with E-state index in [1.54, 1.807) is 7.11 Å². The minimum Gasteiger partial charge on any atom is -0.383 e. The van der Waals surface area contributed by atoms with Crippen molar-refractivity contribution >= 4 is 5.91 Å². The summed E-state index contributed by atoms with van der Waals surface area (Å²) in [6.07, 6.45) is 7.19. The lowest BCUT2D eigenvalue weighted by molar-refractivity contribution is -0.136. The predicted octanol–water partition coefficient (Wildman–Crippen LogP) is 1.80. The number of methoxy groups -OCH3 is 1. The van der Waals surface area contributed by atoms with Crippen molar-refractivity contribution in [1.82, 2.24) is 14.8 Å². The van der Waals surface area contributed by atoms with E-state index in [0.717, 1.165) is 58.8 Å². The van der Waals surface area contributed by atoms with Gasteiger partial charge in [-0.25, -0.2) is 0 Å². The third-order valence-corrected chi connectivity index (χ3v) is 7.56. The fraction of sp³-hybridized carbons (Fsp3) is 0.727. The Kier molecular flexibility index (Phi) is 4.89. The van der Waals surface area contributed by atoms with Crippen molar-refractivity contribution in [1.29, 1.82) is 0 Å². The van der Waals surface area contributed by atoms with Gasteiger partial charge < -0.3 is 14.4 Å². The number of nitrogens with zero attached hydrogens (tertiary/aromatic N) is 3. The number of hydrogen-bond donors (Lipinski definition) is 0. The first-order valence-corrected chi connectivity index (χ1v) is 10.7. The van der Waals surface area contributed by atoms with Gasteiger partial charge >= 0.3 is 0 Å². The highest BCUT2D eigenvalue weighted by molar-refractivity contribution is 5.82. The molecule has 3 aliphatic heterocycles. The van der Waals surface area contributed by atoms with Crippen molar-refractivity contribution in [2.75, 3.05) is 46.6 Å². The van der Waals surface area contributed by atoms with E-state index < -0.39 is 0 Å². The molecular formula is C22H31N3O3. The normalized spacial score (nSPS) is 34.0. The molecule has 4 fully saturated rings. The monoisotopic (exact) mass is 385 g/mol. The number of amides is 1. The van der Waals surface area contributed by atoms with Gasteiger partial charge in [0.2, 0.25) is 5.91 Å². The molecule has 1 spiro atoms. The lowest BCUT2D eigenvalue weighted by Gasteiger charge is -2.39. The fourth-order valence-electron chi connectivity index (χ4n) is 5.90. The number of aromatic nitrogens is 1. The number of rotatable bonds is 5. The standard InChI is InChI=1S/C22H31N3O3/c1-27-12-17-9-22(15-25(17)11-16-3-2-6-23-10-16)4-7-24(8-5-22)21(26)20-18-13-28-14-19(18)20/h2-3,6,10,17-20H,4-5,7-9,11-15H2,1H3/t17?,18-,19+,20?. The van der Waals surface area contributed by atoms with E-state index in [2.05, 4.69) is 20.9 Å². The number of carbonyl (C=O) groups excluding carboxylic acids is 1.